The van der Waals surface area contributed by atoms with E-state index in [4.69, 9.17) is 4.74 Å². The zero-order valence-electron chi connectivity index (χ0n) is 15.3. The first kappa shape index (κ1) is 17.5. The third-order valence-corrected chi connectivity index (χ3v) is 5.56. The van der Waals surface area contributed by atoms with Gasteiger partial charge in [-0.1, -0.05) is 60.9 Å². The Hall–Kier alpha value is -2.88. The molecule has 27 heavy (non-hydrogen) atoms. The quantitative estimate of drug-likeness (QED) is 0.400. The lowest BCUT2D eigenvalue weighted by atomic mass is 9.79. The lowest BCUT2D eigenvalue weighted by Crippen LogP contribution is -2.35. The molecule has 1 N–H and O–H groups in total. The molecule has 0 heterocycles. The van der Waals surface area contributed by atoms with Crippen molar-refractivity contribution in [3.8, 4) is 5.75 Å². The third-order valence-electron chi connectivity index (χ3n) is 5.56. The monoisotopic (exact) mass is 362 g/mol. The van der Waals surface area contributed by atoms with E-state index in [1.165, 1.54) is 0 Å². The number of carboxylic acid groups (broad SMARTS) is 1. The van der Waals surface area contributed by atoms with Crippen molar-refractivity contribution < 1.29 is 19.4 Å². The van der Waals surface area contributed by atoms with Crippen LogP contribution >= 0.6 is 0 Å². The zero-order valence-corrected chi connectivity index (χ0v) is 15.3. The van der Waals surface area contributed by atoms with Crippen molar-refractivity contribution in [3.63, 3.8) is 0 Å². The fraction of sp³-hybridized carbons (Fsp3) is 0.304. The summed E-state index contributed by atoms with van der Waals surface area (Å²) in [6.07, 6.45) is 2.80. The first-order valence-corrected chi connectivity index (χ1v) is 9.41. The molecule has 0 radical (unpaired) electrons. The smallest absolute Gasteiger partial charge is 0.315 e. The summed E-state index contributed by atoms with van der Waals surface area (Å²) in [5.41, 5.74) is 1.13. The number of hydrogen-bond donors (Lipinski definition) is 1. The summed E-state index contributed by atoms with van der Waals surface area (Å²) in [6.45, 7) is 2.03. The van der Waals surface area contributed by atoms with E-state index in [9.17, 15) is 14.7 Å². The lowest BCUT2D eigenvalue weighted by Gasteiger charge is -2.27. The van der Waals surface area contributed by atoms with Crippen molar-refractivity contribution in [2.45, 2.75) is 32.6 Å². The van der Waals surface area contributed by atoms with Gasteiger partial charge >= 0.3 is 11.9 Å². The van der Waals surface area contributed by atoms with Crippen LogP contribution in [-0.4, -0.2) is 17.0 Å². The van der Waals surface area contributed by atoms with Crippen LogP contribution in [0.4, 0.5) is 0 Å². The molecule has 2 atom stereocenters. The predicted octanol–water partition coefficient (Wildman–Crippen LogP) is 5.10. The van der Waals surface area contributed by atoms with Gasteiger partial charge in [-0.15, -0.1) is 0 Å². The Morgan fingerprint density at radius 3 is 2.41 bits per heavy atom. The Morgan fingerprint density at radius 1 is 0.926 bits per heavy atom. The van der Waals surface area contributed by atoms with Crippen LogP contribution in [0.2, 0.25) is 0 Å². The molecule has 4 nitrogen and oxygen atoms in total. The second kappa shape index (κ2) is 7.03. The molecule has 4 rings (SSSR count). The van der Waals surface area contributed by atoms with Gasteiger partial charge in [-0.2, -0.15) is 0 Å². The lowest BCUT2D eigenvalue weighted by molar-refractivity contribution is -0.153. The van der Waals surface area contributed by atoms with E-state index in [-0.39, 0.29) is 0 Å². The fourth-order valence-corrected chi connectivity index (χ4v) is 4.15. The molecule has 3 aromatic carbocycles. The Morgan fingerprint density at radius 2 is 1.63 bits per heavy atom. The normalized spacial score (nSPS) is 19.9. The minimum absolute atomic E-state index is 0.430. The van der Waals surface area contributed by atoms with Crippen LogP contribution in [0, 0.1) is 18.8 Å². The largest absolute Gasteiger partial charge is 0.481 e. The highest BCUT2D eigenvalue weighted by atomic mass is 16.5. The van der Waals surface area contributed by atoms with Gasteiger partial charge in [0, 0.05) is 10.8 Å². The summed E-state index contributed by atoms with van der Waals surface area (Å²) in [4.78, 5) is 24.5. The maximum atomic E-state index is 13.0. The SMILES string of the molecule is Cc1ccc2c(OC(=O)C3CCCCC3C(=O)O)c3ccccc3cc2c1. The average molecular weight is 362 g/mol. The van der Waals surface area contributed by atoms with Gasteiger partial charge in [-0.05, 0) is 36.6 Å². The van der Waals surface area contributed by atoms with Gasteiger partial charge in [0.1, 0.15) is 5.75 Å². The standard InChI is InChI=1S/C23H22O4/c1-14-10-11-18-16(12-14)13-15-6-2-3-7-17(15)21(18)27-23(26)20-9-5-4-8-19(20)22(24)25/h2-3,6-7,10-13,19-20H,4-5,8-9H2,1H3,(H,24,25). The fourth-order valence-electron chi connectivity index (χ4n) is 4.15. The number of aliphatic carboxylic acids is 1. The maximum absolute atomic E-state index is 13.0. The number of esters is 1. The molecule has 0 saturated heterocycles. The zero-order chi connectivity index (χ0) is 19.0. The molecule has 138 valence electrons. The molecule has 0 bridgehead atoms. The molecular weight excluding hydrogens is 340 g/mol. The number of benzene rings is 3. The Labute approximate surface area is 157 Å². The van der Waals surface area contributed by atoms with Crippen molar-refractivity contribution in [2.75, 3.05) is 0 Å². The molecule has 0 aromatic heterocycles. The predicted molar refractivity (Wildman–Crippen MR) is 105 cm³/mol. The van der Waals surface area contributed by atoms with Crippen LogP contribution in [-0.2, 0) is 9.59 Å². The van der Waals surface area contributed by atoms with Crippen molar-refractivity contribution in [3.05, 3.63) is 54.1 Å². The van der Waals surface area contributed by atoms with Crippen LogP contribution in [0.15, 0.2) is 48.5 Å². The molecule has 1 fully saturated rings. The molecule has 0 spiro atoms. The van der Waals surface area contributed by atoms with E-state index >= 15 is 0 Å². The van der Waals surface area contributed by atoms with Crippen LogP contribution < -0.4 is 4.74 Å². The summed E-state index contributed by atoms with van der Waals surface area (Å²) < 4.78 is 5.90. The van der Waals surface area contributed by atoms with Crippen LogP contribution in [0.3, 0.4) is 0 Å². The molecule has 2 unspecified atom stereocenters. The molecule has 1 aliphatic rings. The minimum Gasteiger partial charge on any atom is -0.481 e. The van der Waals surface area contributed by atoms with E-state index in [1.807, 2.05) is 43.3 Å². The molecule has 1 aliphatic carbocycles. The highest BCUT2D eigenvalue weighted by Gasteiger charge is 2.37. The van der Waals surface area contributed by atoms with Crippen molar-refractivity contribution >= 4 is 33.5 Å². The van der Waals surface area contributed by atoms with E-state index < -0.39 is 23.8 Å². The molecule has 1 saturated carbocycles. The van der Waals surface area contributed by atoms with Gasteiger partial charge in [0.2, 0.25) is 0 Å². The number of ether oxygens (including phenoxy) is 1. The molecular formula is C23H22O4. The number of carbonyl (C=O) groups is 2. The first-order valence-electron chi connectivity index (χ1n) is 9.41. The van der Waals surface area contributed by atoms with Gasteiger partial charge in [-0.3, -0.25) is 9.59 Å². The highest BCUT2D eigenvalue weighted by molar-refractivity contribution is 6.06. The summed E-state index contributed by atoms with van der Waals surface area (Å²) in [6, 6.07) is 15.9. The van der Waals surface area contributed by atoms with Crippen molar-refractivity contribution in [2.24, 2.45) is 11.8 Å². The molecule has 3 aromatic rings. The number of hydrogen-bond acceptors (Lipinski definition) is 3. The summed E-state index contributed by atoms with van der Waals surface area (Å²) in [7, 11) is 0. The number of carbonyl (C=O) groups excluding carboxylic acids is 1. The average Bonchev–Trinajstić information content (AvgIpc) is 2.67. The van der Waals surface area contributed by atoms with Crippen LogP contribution in [0.1, 0.15) is 31.2 Å². The third kappa shape index (κ3) is 3.27. The summed E-state index contributed by atoms with van der Waals surface area (Å²) >= 11 is 0. The Kier molecular flexibility index (Phi) is 4.56. The molecule has 0 amide bonds. The van der Waals surface area contributed by atoms with Crippen LogP contribution in [0.5, 0.6) is 5.75 Å². The van der Waals surface area contributed by atoms with Crippen molar-refractivity contribution in [1.82, 2.24) is 0 Å². The van der Waals surface area contributed by atoms with E-state index in [0.29, 0.717) is 18.6 Å². The maximum Gasteiger partial charge on any atom is 0.315 e. The van der Waals surface area contributed by atoms with Gasteiger partial charge < -0.3 is 9.84 Å². The van der Waals surface area contributed by atoms with Gasteiger partial charge in [-0.25, -0.2) is 0 Å². The Bertz CT molecular complexity index is 1040. The number of rotatable bonds is 3. The highest BCUT2D eigenvalue weighted by Crippen LogP contribution is 2.38. The molecule has 4 heteroatoms. The minimum atomic E-state index is -0.907. The topological polar surface area (TPSA) is 63.6 Å². The van der Waals surface area contributed by atoms with E-state index in [0.717, 1.165) is 39.9 Å². The summed E-state index contributed by atoms with van der Waals surface area (Å²) in [5, 5.41) is 13.2. The molecule has 0 aliphatic heterocycles. The number of carboxylic acids is 1. The first-order chi connectivity index (χ1) is 13.0. The second-order valence-corrected chi connectivity index (χ2v) is 7.41. The van der Waals surface area contributed by atoms with Gasteiger partial charge in [0.25, 0.3) is 0 Å². The van der Waals surface area contributed by atoms with Gasteiger partial charge in [0.15, 0.2) is 0 Å². The van der Waals surface area contributed by atoms with E-state index in [1.54, 1.807) is 0 Å². The Balaban J connectivity index is 1.79. The second-order valence-electron chi connectivity index (χ2n) is 7.41. The van der Waals surface area contributed by atoms with E-state index in [2.05, 4.69) is 12.1 Å². The number of fused-ring (bicyclic) bond motifs is 2. The number of aryl methyl sites for hydroxylation is 1. The van der Waals surface area contributed by atoms with Crippen molar-refractivity contribution in [1.29, 1.82) is 0 Å². The van der Waals surface area contributed by atoms with Crippen LogP contribution in [0.25, 0.3) is 21.5 Å². The summed E-state index contributed by atoms with van der Waals surface area (Å²) in [5.74, 6) is -2.05. The van der Waals surface area contributed by atoms with Gasteiger partial charge in [0.05, 0.1) is 11.8 Å².